The molecule has 1 atom stereocenters. The van der Waals surface area contributed by atoms with E-state index in [-0.39, 0.29) is 5.75 Å². The minimum Gasteiger partial charge on any atom is -0.495 e. The Morgan fingerprint density at radius 3 is 2.62 bits per heavy atom. The lowest BCUT2D eigenvalue weighted by atomic mass is 10.1. The van der Waals surface area contributed by atoms with E-state index in [9.17, 15) is 13.2 Å². The second-order valence-electron chi connectivity index (χ2n) is 6.15. The molecule has 0 saturated heterocycles. The van der Waals surface area contributed by atoms with Gasteiger partial charge in [0.05, 0.1) is 18.6 Å². The number of furan rings is 1. The molecule has 1 heterocycles. The highest BCUT2D eigenvalue weighted by Crippen LogP contribution is 2.36. The third-order valence-corrected chi connectivity index (χ3v) is 6.62. The summed E-state index contributed by atoms with van der Waals surface area (Å²) in [5, 5.41) is 3.32. The van der Waals surface area contributed by atoms with Crippen molar-refractivity contribution in [3.05, 3.63) is 36.4 Å². The summed E-state index contributed by atoms with van der Waals surface area (Å²) in [5.74, 6) is -0.175. The number of hydrogen-bond donors (Lipinski definition) is 1. The standard InChI is InChI=1S/C19H21NO5S/c1-4-9-26(22,23)12(2)19(21)20-15-11-17-14(10-18(15)24-3)13-7-5-6-8-16(13)25-17/h5-8,10-12H,4,9H2,1-3H3,(H,20,21). The summed E-state index contributed by atoms with van der Waals surface area (Å²) in [6.45, 7) is 3.16. The minimum absolute atomic E-state index is 0.0265. The first-order chi connectivity index (χ1) is 12.4. The van der Waals surface area contributed by atoms with Gasteiger partial charge in [-0.3, -0.25) is 4.79 Å². The predicted molar refractivity (Wildman–Crippen MR) is 102 cm³/mol. The topological polar surface area (TPSA) is 85.6 Å². The van der Waals surface area contributed by atoms with Crippen LogP contribution in [0.25, 0.3) is 21.9 Å². The van der Waals surface area contributed by atoms with Gasteiger partial charge in [-0.2, -0.15) is 0 Å². The van der Waals surface area contributed by atoms with Crippen LogP contribution in [0.1, 0.15) is 20.3 Å². The van der Waals surface area contributed by atoms with E-state index in [0.29, 0.717) is 23.4 Å². The van der Waals surface area contributed by atoms with Crippen LogP contribution in [0.5, 0.6) is 5.75 Å². The van der Waals surface area contributed by atoms with Gasteiger partial charge in [0, 0.05) is 16.8 Å². The second kappa shape index (κ2) is 6.99. The fourth-order valence-electron chi connectivity index (χ4n) is 2.88. The molecular formula is C19H21NO5S. The van der Waals surface area contributed by atoms with E-state index in [1.54, 1.807) is 19.1 Å². The van der Waals surface area contributed by atoms with Crippen LogP contribution in [0, 0.1) is 0 Å². The number of benzene rings is 2. The van der Waals surface area contributed by atoms with E-state index in [1.165, 1.54) is 14.0 Å². The number of anilines is 1. The van der Waals surface area contributed by atoms with Gasteiger partial charge in [0.15, 0.2) is 9.84 Å². The van der Waals surface area contributed by atoms with E-state index in [2.05, 4.69) is 5.32 Å². The summed E-state index contributed by atoms with van der Waals surface area (Å²) < 4.78 is 35.5. The van der Waals surface area contributed by atoms with Crippen molar-refractivity contribution in [1.29, 1.82) is 0 Å². The Morgan fingerprint density at radius 2 is 1.92 bits per heavy atom. The van der Waals surface area contributed by atoms with Crippen LogP contribution >= 0.6 is 0 Å². The second-order valence-corrected chi connectivity index (χ2v) is 8.59. The maximum absolute atomic E-state index is 12.4. The van der Waals surface area contributed by atoms with Crippen LogP contribution in [0.3, 0.4) is 0 Å². The number of amides is 1. The Kier molecular flexibility index (Phi) is 4.91. The van der Waals surface area contributed by atoms with Crippen molar-refractivity contribution in [3.8, 4) is 5.75 Å². The molecule has 138 valence electrons. The quantitative estimate of drug-likeness (QED) is 0.709. The molecular weight excluding hydrogens is 354 g/mol. The van der Waals surface area contributed by atoms with Gasteiger partial charge >= 0.3 is 0 Å². The Labute approximate surface area is 152 Å². The third kappa shape index (κ3) is 3.26. The molecule has 1 amide bonds. The van der Waals surface area contributed by atoms with Gasteiger partial charge in [0.25, 0.3) is 0 Å². The van der Waals surface area contributed by atoms with Crippen molar-refractivity contribution in [1.82, 2.24) is 0 Å². The molecule has 0 radical (unpaired) electrons. The van der Waals surface area contributed by atoms with Crippen LogP contribution in [0.2, 0.25) is 0 Å². The molecule has 1 unspecified atom stereocenters. The number of para-hydroxylation sites is 1. The molecule has 0 aliphatic rings. The van der Waals surface area contributed by atoms with Crippen molar-refractivity contribution < 1.29 is 22.4 Å². The molecule has 0 fully saturated rings. The number of ether oxygens (including phenoxy) is 1. The summed E-state index contributed by atoms with van der Waals surface area (Å²) in [4.78, 5) is 12.4. The Morgan fingerprint density at radius 1 is 1.19 bits per heavy atom. The normalized spacial score (nSPS) is 13.0. The summed E-state index contributed by atoms with van der Waals surface area (Å²) in [5.41, 5.74) is 1.70. The van der Waals surface area contributed by atoms with Gasteiger partial charge < -0.3 is 14.5 Å². The Bertz CT molecular complexity index is 1070. The highest BCUT2D eigenvalue weighted by Gasteiger charge is 2.28. The molecule has 0 bridgehead atoms. The van der Waals surface area contributed by atoms with Gasteiger partial charge in [-0.15, -0.1) is 0 Å². The lowest BCUT2D eigenvalue weighted by Gasteiger charge is -2.14. The van der Waals surface area contributed by atoms with Crippen molar-refractivity contribution in [2.24, 2.45) is 0 Å². The summed E-state index contributed by atoms with van der Waals surface area (Å²) >= 11 is 0. The highest BCUT2D eigenvalue weighted by atomic mass is 32.2. The maximum atomic E-state index is 12.4. The van der Waals surface area contributed by atoms with Crippen LogP contribution in [0.4, 0.5) is 5.69 Å². The zero-order valence-corrected chi connectivity index (χ0v) is 15.7. The number of methoxy groups -OCH3 is 1. The first-order valence-corrected chi connectivity index (χ1v) is 10.1. The zero-order chi connectivity index (χ0) is 18.9. The number of hydrogen-bond acceptors (Lipinski definition) is 5. The van der Waals surface area contributed by atoms with Crippen molar-refractivity contribution in [2.75, 3.05) is 18.2 Å². The SMILES string of the molecule is CCCS(=O)(=O)C(C)C(=O)Nc1cc2oc3ccccc3c2cc1OC. The fraction of sp³-hybridized carbons (Fsp3) is 0.316. The number of carbonyl (C=O) groups excluding carboxylic acids is 1. The number of rotatable bonds is 6. The smallest absolute Gasteiger partial charge is 0.242 e. The summed E-state index contributed by atoms with van der Waals surface area (Å²) in [7, 11) is -1.99. The molecule has 26 heavy (non-hydrogen) atoms. The molecule has 7 heteroatoms. The van der Waals surface area contributed by atoms with Gasteiger partial charge in [0.2, 0.25) is 5.91 Å². The zero-order valence-electron chi connectivity index (χ0n) is 14.9. The lowest BCUT2D eigenvalue weighted by molar-refractivity contribution is -0.115. The highest BCUT2D eigenvalue weighted by molar-refractivity contribution is 7.92. The number of fused-ring (bicyclic) bond motifs is 3. The van der Waals surface area contributed by atoms with E-state index in [0.717, 1.165) is 16.4 Å². The van der Waals surface area contributed by atoms with Crippen LogP contribution in [0.15, 0.2) is 40.8 Å². The van der Waals surface area contributed by atoms with E-state index in [4.69, 9.17) is 9.15 Å². The summed E-state index contributed by atoms with van der Waals surface area (Å²) in [6, 6.07) is 11.0. The van der Waals surface area contributed by atoms with Gasteiger partial charge in [0.1, 0.15) is 22.2 Å². The van der Waals surface area contributed by atoms with Crippen molar-refractivity contribution >= 4 is 43.4 Å². The van der Waals surface area contributed by atoms with E-state index < -0.39 is 21.0 Å². The van der Waals surface area contributed by atoms with Crippen molar-refractivity contribution in [3.63, 3.8) is 0 Å². The Balaban J connectivity index is 1.99. The first-order valence-electron chi connectivity index (χ1n) is 8.39. The molecule has 0 spiro atoms. The lowest BCUT2D eigenvalue weighted by Crippen LogP contribution is -2.34. The number of nitrogens with one attached hydrogen (secondary N) is 1. The molecule has 6 nitrogen and oxygen atoms in total. The molecule has 1 N–H and O–H groups in total. The molecule has 3 rings (SSSR count). The average molecular weight is 375 g/mol. The average Bonchev–Trinajstić information content (AvgIpc) is 2.97. The molecule has 1 aromatic heterocycles. The number of sulfone groups is 1. The number of carbonyl (C=O) groups is 1. The fourth-order valence-corrected chi connectivity index (χ4v) is 4.18. The molecule has 0 aliphatic heterocycles. The Hall–Kier alpha value is -2.54. The maximum Gasteiger partial charge on any atom is 0.242 e. The van der Waals surface area contributed by atoms with Gasteiger partial charge in [-0.1, -0.05) is 25.1 Å². The van der Waals surface area contributed by atoms with Gasteiger partial charge in [-0.05, 0) is 25.5 Å². The minimum atomic E-state index is -3.49. The predicted octanol–water partition coefficient (Wildman–Crippen LogP) is 3.75. The third-order valence-electron chi connectivity index (χ3n) is 4.35. The summed E-state index contributed by atoms with van der Waals surface area (Å²) in [6.07, 6.45) is 0.466. The monoisotopic (exact) mass is 375 g/mol. The van der Waals surface area contributed by atoms with Gasteiger partial charge in [-0.25, -0.2) is 8.42 Å². The largest absolute Gasteiger partial charge is 0.495 e. The molecule has 3 aromatic rings. The molecule has 0 saturated carbocycles. The van der Waals surface area contributed by atoms with Crippen LogP contribution in [-0.4, -0.2) is 32.4 Å². The van der Waals surface area contributed by atoms with Crippen molar-refractivity contribution in [2.45, 2.75) is 25.5 Å². The molecule has 0 aliphatic carbocycles. The van der Waals surface area contributed by atoms with Crippen LogP contribution < -0.4 is 10.1 Å². The first kappa shape index (κ1) is 18.3. The molecule has 2 aromatic carbocycles. The van der Waals surface area contributed by atoms with E-state index in [1.807, 2.05) is 24.3 Å². The van der Waals surface area contributed by atoms with E-state index >= 15 is 0 Å². The van der Waals surface area contributed by atoms with Crippen LogP contribution in [-0.2, 0) is 14.6 Å².